The minimum Gasteiger partial charge on any atom is -0.313 e. The molecule has 3 unspecified atom stereocenters. The fraction of sp³-hybridized carbons (Fsp3) is 1.00. The van der Waals surface area contributed by atoms with Gasteiger partial charge in [-0.1, -0.05) is 52.9 Å². The van der Waals surface area contributed by atoms with E-state index in [0.717, 1.165) is 17.9 Å². The molecule has 2 fully saturated rings. The van der Waals surface area contributed by atoms with E-state index in [-0.39, 0.29) is 0 Å². The second-order valence-electron chi connectivity index (χ2n) is 7.67. The van der Waals surface area contributed by atoms with Crippen LogP contribution in [0.3, 0.4) is 0 Å². The van der Waals surface area contributed by atoms with Gasteiger partial charge in [0.2, 0.25) is 0 Å². The van der Waals surface area contributed by atoms with Gasteiger partial charge in [0.05, 0.1) is 0 Å². The normalized spacial score (nSPS) is 36.5. The van der Waals surface area contributed by atoms with Crippen molar-refractivity contribution in [2.24, 2.45) is 17.3 Å². The summed E-state index contributed by atoms with van der Waals surface area (Å²) in [5.41, 5.74) is 0.526. The summed E-state index contributed by atoms with van der Waals surface area (Å²) in [4.78, 5) is 0. The molecule has 2 aliphatic rings. The van der Waals surface area contributed by atoms with Crippen molar-refractivity contribution in [3.05, 3.63) is 0 Å². The number of nitrogens with one attached hydrogen (secondary N) is 1. The van der Waals surface area contributed by atoms with E-state index in [2.05, 4.69) is 26.1 Å². The van der Waals surface area contributed by atoms with Crippen molar-refractivity contribution in [2.45, 2.75) is 84.6 Å². The molecule has 0 amide bonds. The molecule has 0 heterocycles. The molecule has 18 heavy (non-hydrogen) atoms. The maximum Gasteiger partial charge on any atom is 0.0118 e. The van der Waals surface area contributed by atoms with Gasteiger partial charge in [0.15, 0.2) is 0 Å². The molecule has 106 valence electrons. The van der Waals surface area contributed by atoms with E-state index in [1.807, 2.05) is 0 Å². The molecule has 3 atom stereocenters. The summed E-state index contributed by atoms with van der Waals surface area (Å²) in [5, 5.41) is 3.87. The zero-order chi connectivity index (χ0) is 13.0. The lowest BCUT2D eigenvalue weighted by Crippen LogP contribution is -2.44. The highest BCUT2D eigenvalue weighted by Crippen LogP contribution is 2.36. The van der Waals surface area contributed by atoms with Crippen LogP contribution in [0.2, 0.25) is 0 Å². The standard InChI is InChI=1S/C17H33N/c1-14-7-6-8-15(13-14)10-12-18-16-9-4-5-11-17(16,2)3/h14-16,18H,4-13H2,1-3H3. The Labute approximate surface area is 114 Å². The summed E-state index contributed by atoms with van der Waals surface area (Å²) in [5.74, 6) is 1.99. The van der Waals surface area contributed by atoms with E-state index in [0.29, 0.717) is 5.41 Å². The van der Waals surface area contributed by atoms with Crippen LogP contribution >= 0.6 is 0 Å². The average Bonchev–Trinajstić information content (AvgIpc) is 2.31. The largest absolute Gasteiger partial charge is 0.313 e. The highest BCUT2D eigenvalue weighted by Gasteiger charge is 2.31. The van der Waals surface area contributed by atoms with Gasteiger partial charge in [-0.15, -0.1) is 0 Å². The lowest BCUT2D eigenvalue weighted by molar-refractivity contribution is 0.162. The molecule has 0 aromatic rings. The molecule has 2 saturated carbocycles. The minimum atomic E-state index is 0.526. The molecule has 0 aromatic heterocycles. The van der Waals surface area contributed by atoms with Crippen molar-refractivity contribution in [3.63, 3.8) is 0 Å². The SMILES string of the molecule is CC1CCCC(CCNC2CCCCC2(C)C)C1. The molecular formula is C17H33N. The van der Waals surface area contributed by atoms with Gasteiger partial charge in [0.1, 0.15) is 0 Å². The quantitative estimate of drug-likeness (QED) is 0.759. The summed E-state index contributed by atoms with van der Waals surface area (Å²) in [6.07, 6.45) is 13.0. The molecule has 2 rings (SSSR count). The van der Waals surface area contributed by atoms with Crippen molar-refractivity contribution < 1.29 is 0 Å². The molecule has 0 radical (unpaired) electrons. The third-order valence-electron chi connectivity index (χ3n) is 5.50. The van der Waals surface area contributed by atoms with Gasteiger partial charge in [0.25, 0.3) is 0 Å². The third kappa shape index (κ3) is 3.98. The first-order valence-corrected chi connectivity index (χ1v) is 8.31. The summed E-state index contributed by atoms with van der Waals surface area (Å²) in [6.45, 7) is 8.59. The van der Waals surface area contributed by atoms with Crippen LogP contribution in [0.5, 0.6) is 0 Å². The molecule has 1 nitrogen and oxygen atoms in total. The van der Waals surface area contributed by atoms with Crippen molar-refractivity contribution in [1.82, 2.24) is 5.32 Å². The smallest absolute Gasteiger partial charge is 0.0118 e. The molecule has 1 heteroatoms. The second-order valence-corrected chi connectivity index (χ2v) is 7.67. The maximum absolute atomic E-state index is 3.87. The van der Waals surface area contributed by atoms with Crippen LogP contribution in [-0.2, 0) is 0 Å². The van der Waals surface area contributed by atoms with Crippen molar-refractivity contribution in [3.8, 4) is 0 Å². The van der Waals surface area contributed by atoms with E-state index in [1.54, 1.807) is 0 Å². The Hall–Kier alpha value is -0.0400. The first kappa shape index (κ1) is 14.4. The Morgan fingerprint density at radius 3 is 2.61 bits per heavy atom. The van der Waals surface area contributed by atoms with Gasteiger partial charge in [-0.05, 0) is 49.5 Å². The molecule has 0 aromatic carbocycles. The zero-order valence-electron chi connectivity index (χ0n) is 12.8. The molecule has 0 aliphatic heterocycles. The fourth-order valence-electron chi connectivity index (χ4n) is 4.16. The first-order chi connectivity index (χ1) is 8.58. The van der Waals surface area contributed by atoms with Crippen molar-refractivity contribution >= 4 is 0 Å². The minimum absolute atomic E-state index is 0.526. The van der Waals surface area contributed by atoms with E-state index < -0.39 is 0 Å². The van der Waals surface area contributed by atoms with Crippen LogP contribution < -0.4 is 5.32 Å². The van der Waals surface area contributed by atoms with E-state index >= 15 is 0 Å². The van der Waals surface area contributed by atoms with E-state index in [1.165, 1.54) is 64.3 Å². The molecule has 0 saturated heterocycles. The van der Waals surface area contributed by atoms with Gasteiger partial charge >= 0.3 is 0 Å². The van der Waals surface area contributed by atoms with Crippen LogP contribution in [0.15, 0.2) is 0 Å². The monoisotopic (exact) mass is 251 g/mol. The Bertz CT molecular complexity index is 246. The van der Waals surface area contributed by atoms with Crippen LogP contribution in [0.4, 0.5) is 0 Å². The predicted molar refractivity (Wildman–Crippen MR) is 79.8 cm³/mol. The number of rotatable bonds is 4. The highest BCUT2D eigenvalue weighted by molar-refractivity contribution is 4.88. The highest BCUT2D eigenvalue weighted by atomic mass is 14.9. The lowest BCUT2D eigenvalue weighted by atomic mass is 9.73. The second kappa shape index (κ2) is 6.41. The van der Waals surface area contributed by atoms with Crippen molar-refractivity contribution in [1.29, 1.82) is 0 Å². The lowest BCUT2D eigenvalue weighted by Gasteiger charge is -2.39. The molecular weight excluding hydrogens is 218 g/mol. The Kier molecular flexibility index (Phi) is 5.12. The Balaban J connectivity index is 1.68. The Morgan fingerprint density at radius 1 is 1.06 bits per heavy atom. The molecule has 0 spiro atoms. The van der Waals surface area contributed by atoms with Crippen molar-refractivity contribution in [2.75, 3.05) is 6.54 Å². The van der Waals surface area contributed by atoms with Gasteiger partial charge in [-0.3, -0.25) is 0 Å². The Morgan fingerprint density at radius 2 is 1.89 bits per heavy atom. The van der Waals surface area contributed by atoms with Crippen LogP contribution in [0.25, 0.3) is 0 Å². The summed E-state index contributed by atoms with van der Waals surface area (Å²) in [6, 6.07) is 0.771. The number of hydrogen-bond acceptors (Lipinski definition) is 1. The topological polar surface area (TPSA) is 12.0 Å². The van der Waals surface area contributed by atoms with Crippen LogP contribution in [0, 0.1) is 17.3 Å². The van der Waals surface area contributed by atoms with E-state index in [4.69, 9.17) is 0 Å². The third-order valence-corrected chi connectivity index (χ3v) is 5.50. The van der Waals surface area contributed by atoms with Gasteiger partial charge in [-0.25, -0.2) is 0 Å². The fourth-order valence-corrected chi connectivity index (χ4v) is 4.16. The maximum atomic E-state index is 3.87. The molecule has 0 bridgehead atoms. The predicted octanol–water partition coefficient (Wildman–Crippen LogP) is 4.76. The van der Waals surface area contributed by atoms with Crippen LogP contribution in [0.1, 0.15) is 78.6 Å². The summed E-state index contributed by atoms with van der Waals surface area (Å²) >= 11 is 0. The molecule has 2 aliphatic carbocycles. The average molecular weight is 251 g/mol. The van der Waals surface area contributed by atoms with Gasteiger partial charge < -0.3 is 5.32 Å². The molecule has 1 N–H and O–H groups in total. The van der Waals surface area contributed by atoms with E-state index in [9.17, 15) is 0 Å². The summed E-state index contributed by atoms with van der Waals surface area (Å²) < 4.78 is 0. The first-order valence-electron chi connectivity index (χ1n) is 8.31. The number of hydrogen-bond donors (Lipinski definition) is 1. The van der Waals surface area contributed by atoms with Gasteiger partial charge in [-0.2, -0.15) is 0 Å². The zero-order valence-corrected chi connectivity index (χ0v) is 12.8. The summed E-state index contributed by atoms with van der Waals surface area (Å²) in [7, 11) is 0. The van der Waals surface area contributed by atoms with Crippen LogP contribution in [-0.4, -0.2) is 12.6 Å². The van der Waals surface area contributed by atoms with Gasteiger partial charge in [0, 0.05) is 6.04 Å².